The number of halogens is 1. The van der Waals surface area contributed by atoms with E-state index in [0.29, 0.717) is 29.3 Å². The van der Waals surface area contributed by atoms with Crippen molar-refractivity contribution in [3.8, 4) is 11.9 Å². The topological polar surface area (TPSA) is 120 Å². The molecule has 1 spiro atoms. The summed E-state index contributed by atoms with van der Waals surface area (Å²) in [4.78, 5) is 27.5. The molecule has 1 atom stereocenters. The van der Waals surface area contributed by atoms with Gasteiger partial charge in [0.1, 0.15) is 24.1 Å². The number of rotatable bonds is 13. The minimum Gasteiger partial charge on any atom is -0.473 e. The van der Waals surface area contributed by atoms with Crippen molar-refractivity contribution in [3.63, 3.8) is 0 Å². The molecule has 4 heterocycles. The van der Waals surface area contributed by atoms with Gasteiger partial charge in [-0.1, -0.05) is 32.9 Å². The first-order chi connectivity index (χ1) is 23.0. The highest BCUT2D eigenvalue weighted by molar-refractivity contribution is 5.98. The number of hydrogen-bond donors (Lipinski definition) is 2. The maximum atomic E-state index is 14.3. The molecule has 1 amide bonds. The standard InChI is InChI=1S/C37H44FN7O3/c1-5-36(4,24-46)42-35(47)27-11-12-30-31(16-27)45(14-13-25(2)3)33(40-30)18-43-20-37(21-43)22-44(23-37)32-7-6-8-34(41-32)48-19-28-10-9-26(17-39)15-29(28)38/h6-12,15-16,25,46H,5,13-14,18-24H2,1-4H3,(H,42,47). The lowest BCUT2D eigenvalue weighted by Gasteiger charge is -2.60. The van der Waals surface area contributed by atoms with E-state index in [0.717, 1.165) is 68.4 Å². The number of aryl methyl sites for hydroxylation is 1. The predicted molar refractivity (Wildman–Crippen MR) is 182 cm³/mol. The van der Waals surface area contributed by atoms with E-state index in [2.05, 4.69) is 38.5 Å². The number of carbonyl (C=O) groups excluding carboxylic acids is 1. The van der Waals surface area contributed by atoms with Gasteiger partial charge < -0.3 is 24.6 Å². The van der Waals surface area contributed by atoms with Crippen molar-refractivity contribution in [2.75, 3.05) is 37.7 Å². The zero-order chi connectivity index (χ0) is 34.1. The number of benzene rings is 2. The average Bonchev–Trinajstić information content (AvgIpc) is 3.39. The number of fused-ring (bicyclic) bond motifs is 1. The SMILES string of the molecule is CCC(C)(CO)NC(=O)c1ccc2nc(CN3CC4(C3)CN(c3cccc(OCc5ccc(C#N)cc5F)n3)C4)n(CCC(C)C)c2c1. The highest BCUT2D eigenvalue weighted by atomic mass is 19.1. The number of likely N-dealkylation sites (tertiary alicyclic amines) is 1. The van der Waals surface area contributed by atoms with Gasteiger partial charge in [-0.15, -0.1) is 0 Å². The first-order valence-electron chi connectivity index (χ1n) is 16.7. The first kappa shape index (κ1) is 33.4. The van der Waals surface area contributed by atoms with Gasteiger partial charge in [0.25, 0.3) is 5.91 Å². The number of nitrogens with zero attached hydrogens (tertiary/aromatic N) is 6. The van der Waals surface area contributed by atoms with Gasteiger partial charge in [0, 0.05) is 55.3 Å². The Balaban J connectivity index is 1.08. The largest absolute Gasteiger partial charge is 0.473 e. The number of aliphatic hydroxyl groups excluding tert-OH is 1. The smallest absolute Gasteiger partial charge is 0.251 e. The van der Waals surface area contributed by atoms with E-state index in [9.17, 15) is 14.3 Å². The van der Waals surface area contributed by atoms with Crippen LogP contribution in [0.25, 0.3) is 11.0 Å². The average molecular weight is 654 g/mol. The van der Waals surface area contributed by atoms with Gasteiger partial charge in [-0.05, 0) is 62.1 Å². The van der Waals surface area contributed by atoms with Crippen LogP contribution in [0.15, 0.2) is 54.6 Å². The molecular weight excluding hydrogens is 609 g/mol. The van der Waals surface area contributed by atoms with Crippen LogP contribution in [0, 0.1) is 28.5 Å². The fraction of sp³-hybridized carbons (Fsp3) is 0.459. The number of aromatic nitrogens is 3. The van der Waals surface area contributed by atoms with Crippen molar-refractivity contribution in [1.82, 2.24) is 24.8 Å². The molecule has 2 aromatic heterocycles. The van der Waals surface area contributed by atoms with Crippen molar-refractivity contribution in [2.24, 2.45) is 11.3 Å². The van der Waals surface area contributed by atoms with Crippen molar-refractivity contribution in [2.45, 2.75) is 65.8 Å². The molecule has 6 rings (SSSR count). The highest BCUT2D eigenvalue weighted by Gasteiger charge is 2.52. The molecule has 48 heavy (non-hydrogen) atoms. The van der Waals surface area contributed by atoms with E-state index in [1.165, 1.54) is 6.07 Å². The summed E-state index contributed by atoms with van der Waals surface area (Å²) in [5.41, 5.74) is 2.60. The Morgan fingerprint density at radius 1 is 1.15 bits per heavy atom. The number of nitriles is 1. The van der Waals surface area contributed by atoms with Gasteiger partial charge >= 0.3 is 0 Å². The van der Waals surface area contributed by atoms with Crippen LogP contribution in [0.3, 0.4) is 0 Å². The third-order valence-corrected chi connectivity index (χ3v) is 9.69. The summed E-state index contributed by atoms with van der Waals surface area (Å²) < 4.78 is 22.3. The van der Waals surface area contributed by atoms with Crippen molar-refractivity contribution >= 4 is 22.8 Å². The number of hydrogen-bond acceptors (Lipinski definition) is 8. The van der Waals surface area contributed by atoms with Gasteiger partial charge in [0.15, 0.2) is 0 Å². The number of amides is 1. The molecule has 4 aromatic rings. The lowest BCUT2D eigenvalue weighted by molar-refractivity contribution is -0.0296. The van der Waals surface area contributed by atoms with Crippen molar-refractivity contribution in [3.05, 3.63) is 82.9 Å². The van der Waals surface area contributed by atoms with Crippen LogP contribution >= 0.6 is 0 Å². The second-order valence-corrected chi connectivity index (χ2v) is 14.1. The molecule has 252 valence electrons. The summed E-state index contributed by atoms with van der Waals surface area (Å²) in [5.74, 6) is 2.14. The summed E-state index contributed by atoms with van der Waals surface area (Å²) in [5, 5.41) is 21.7. The Labute approximate surface area is 281 Å². The third kappa shape index (κ3) is 7.00. The summed E-state index contributed by atoms with van der Waals surface area (Å²) >= 11 is 0. The van der Waals surface area contributed by atoms with Gasteiger partial charge in [-0.3, -0.25) is 9.69 Å². The number of anilines is 1. The minimum absolute atomic E-state index is 0.0331. The zero-order valence-electron chi connectivity index (χ0n) is 28.2. The summed E-state index contributed by atoms with van der Waals surface area (Å²) in [6.07, 6.45) is 1.63. The van der Waals surface area contributed by atoms with Crippen LogP contribution in [0.4, 0.5) is 10.2 Å². The highest BCUT2D eigenvalue weighted by Crippen LogP contribution is 2.42. The lowest BCUT2D eigenvalue weighted by atomic mass is 9.73. The van der Waals surface area contributed by atoms with Crippen LogP contribution < -0.4 is 15.0 Å². The summed E-state index contributed by atoms with van der Waals surface area (Å²) in [6, 6.07) is 17.6. The fourth-order valence-corrected chi connectivity index (χ4v) is 6.54. The lowest BCUT2D eigenvalue weighted by Crippen LogP contribution is -2.72. The monoisotopic (exact) mass is 653 g/mol. The van der Waals surface area contributed by atoms with Crippen molar-refractivity contribution in [1.29, 1.82) is 5.26 Å². The molecule has 11 heteroatoms. The number of imidazole rings is 1. The summed E-state index contributed by atoms with van der Waals surface area (Å²) in [6.45, 7) is 13.4. The van der Waals surface area contributed by atoms with E-state index in [4.69, 9.17) is 15.0 Å². The van der Waals surface area contributed by atoms with Crippen LogP contribution in [-0.4, -0.2) is 68.8 Å². The molecular formula is C37H44FN7O3. The molecule has 2 fully saturated rings. The molecule has 1 unspecified atom stereocenters. The Morgan fingerprint density at radius 2 is 1.94 bits per heavy atom. The quantitative estimate of drug-likeness (QED) is 0.200. The van der Waals surface area contributed by atoms with E-state index < -0.39 is 11.4 Å². The molecule has 0 bridgehead atoms. The normalized spacial score (nSPS) is 16.8. The van der Waals surface area contributed by atoms with E-state index in [1.54, 1.807) is 18.2 Å². The number of aliphatic hydroxyl groups is 1. The number of pyridine rings is 1. The van der Waals surface area contributed by atoms with Crippen molar-refractivity contribution < 1.29 is 19.0 Å². The fourth-order valence-electron chi connectivity index (χ4n) is 6.54. The number of carbonyl (C=O) groups is 1. The summed E-state index contributed by atoms with van der Waals surface area (Å²) in [7, 11) is 0. The van der Waals surface area contributed by atoms with E-state index >= 15 is 0 Å². The Bertz CT molecular complexity index is 1830. The Kier molecular flexibility index (Phi) is 9.41. The third-order valence-electron chi connectivity index (χ3n) is 9.69. The molecule has 2 N–H and O–H groups in total. The van der Waals surface area contributed by atoms with Gasteiger partial charge in [-0.2, -0.15) is 10.2 Å². The van der Waals surface area contributed by atoms with E-state index in [1.807, 2.05) is 50.2 Å². The molecule has 2 aliphatic rings. The number of ether oxygens (including phenoxy) is 1. The van der Waals surface area contributed by atoms with Crippen LogP contribution in [0.1, 0.15) is 67.8 Å². The second-order valence-electron chi connectivity index (χ2n) is 14.1. The minimum atomic E-state index is -0.667. The van der Waals surface area contributed by atoms with Crippen LogP contribution in [0.5, 0.6) is 5.88 Å². The Morgan fingerprint density at radius 3 is 2.62 bits per heavy atom. The first-order valence-corrected chi connectivity index (χ1v) is 16.7. The maximum absolute atomic E-state index is 14.3. The molecule has 2 saturated heterocycles. The van der Waals surface area contributed by atoms with Gasteiger partial charge in [0.2, 0.25) is 5.88 Å². The second kappa shape index (κ2) is 13.5. The Hall–Kier alpha value is -4.53. The molecule has 2 aliphatic heterocycles. The molecule has 2 aromatic carbocycles. The van der Waals surface area contributed by atoms with Crippen LogP contribution in [-0.2, 0) is 19.7 Å². The molecule has 0 aliphatic carbocycles. The van der Waals surface area contributed by atoms with Crippen LogP contribution in [0.2, 0.25) is 0 Å². The molecule has 0 saturated carbocycles. The zero-order valence-corrected chi connectivity index (χ0v) is 28.2. The van der Waals surface area contributed by atoms with Gasteiger partial charge in [-0.25, -0.2) is 9.37 Å². The molecule has 0 radical (unpaired) electrons. The van der Waals surface area contributed by atoms with Gasteiger partial charge in [0.05, 0.1) is 41.4 Å². The maximum Gasteiger partial charge on any atom is 0.251 e. The number of nitrogens with one attached hydrogen (secondary N) is 1. The predicted octanol–water partition coefficient (Wildman–Crippen LogP) is 5.28. The molecule has 10 nitrogen and oxygen atoms in total. The van der Waals surface area contributed by atoms with E-state index in [-0.39, 0.29) is 30.1 Å².